The Bertz CT molecular complexity index is 2860. The molecule has 2 saturated carbocycles. The number of sulfonamides is 2. The van der Waals surface area contributed by atoms with Gasteiger partial charge in [-0.25, -0.2) is 50.5 Å². The minimum Gasteiger partial charge on any atom is -0.495 e. The van der Waals surface area contributed by atoms with E-state index < -0.39 is 37.4 Å². The van der Waals surface area contributed by atoms with E-state index >= 15 is 0 Å². The minimum absolute atomic E-state index is 0.0151. The molecule has 0 radical (unpaired) electrons. The van der Waals surface area contributed by atoms with E-state index in [9.17, 15) is 27.0 Å². The standard InChI is InChI=1S/C41H51N7O10S4/c1-22-35(47-21-34(40(3,4)50)59-38(47)42-22)24-9-15-30(55-7)32(17-24)61(51,52)45-26-11-13-29(14-12-26)57-58-41(5,6)37-44-48-36(23(2)43-39(48)60-37)25-10-16-31(56-8)33(18-25)62(53,54)46-27-19-28(49)20-27/h9-10,15-18,21,26-29,45-46,49-50H,11-14,19-20H2,1-8H3/t26-,27-,28+,29-. The van der Waals surface area contributed by atoms with Crippen molar-refractivity contribution in [2.75, 3.05) is 14.2 Å². The van der Waals surface area contributed by atoms with Crippen LogP contribution in [0.2, 0.25) is 0 Å². The number of aryl methyl sites for hydroxylation is 2. The highest BCUT2D eigenvalue weighted by Gasteiger charge is 2.35. The first kappa shape index (κ1) is 44.6. The first-order chi connectivity index (χ1) is 29.2. The summed E-state index contributed by atoms with van der Waals surface area (Å²) in [5.74, 6) is 0.402. The van der Waals surface area contributed by atoms with Crippen molar-refractivity contribution >= 4 is 52.6 Å². The van der Waals surface area contributed by atoms with E-state index in [0.29, 0.717) is 76.0 Å². The fraction of sp³-hybridized carbons (Fsp3) is 0.488. The molecular formula is C41H51N7O10S4. The largest absolute Gasteiger partial charge is 0.495 e. The van der Waals surface area contributed by atoms with E-state index in [1.165, 1.54) is 36.9 Å². The molecule has 4 aromatic heterocycles. The predicted octanol–water partition coefficient (Wildman–Crippen LogP) is 5.97. The molecule has 8 rings (SSSR count). The maximum absolute atomic E-state index is 14.0. The van der Waals surface area contributed by atoms with Crippen molar-refractivity contribution in [1.82, 2.24) is 33.4 Å². The average molecular weight is 930 g/mol. The van der Waals surface area contributed by atoms with Crippen molar-refractivity contribution in [2.24, 2.45) is 0 Å². The summed E-state index contributed by atoms with van der Waals surface area (Å²) >= 11 is 2.70. The lowest BCUT2D eigenvalue weighted by molar-refractivity contribution is -0.385. The number of thiazole rings is 1. The molecule has 0 amide bonds. The van der Waals surface area contributed by atoms with Gasteiger partial charge in [-0.3, -0.25) is 4.40 Å². The summed E-state index contributed by atoms with van der Waals surface area (Å²) in [7, 11) is -5.14. The second-order valence-corrected chi connectivity index (χ2v) is 22.3. The zero-order valence-electron chi connectivity index (χ0n) is 35.6. The van der Waals surface area contributed by atoms with Gasteiger partial charge in [-0.2, -0.15) is 5.10 Å². The molecule has 0 spiro atoms. The van der Waals surface area contributed by atoms with Crippen molar-refractivity contribution in [3.63, 3.8) is 0 Å². The molecule has 21 heteroatoms. The number of rotatable bonds is 15. The number of ether oxygens (including phenoxy) is 2. The molecule has 4 heterocycles. The number of aromatic nitrogens is 5. The SMILES string of the molecule is COc1ccc(-c2c(C)nc3sc(C(C)(C)O)cn23)cc1S(=O)(=O)N[C@H]1CC[C@H](OOC(C)(C)c2nn3c(-c4ccc(OC)c(S(=O)(=O)N[C@H]5C[C@@H](O)C5)c4)c(C)nc3s2)CC1. The Labute approximate surface area is 368 Å². The van der Waals surface area contributed by atoms with Crippen LogP contribution in [0, 0.1) is 13.8 Å². The van der Waals surface area contributed by atoms with Crippen LogP contribution in [0.5, 0.6) is 11.5 Å². The molecule has 17 nitrogen and oxygen atoms in total. The fourth-order valence-corrected chi connectivity index (χ4v) is 12.8. The highest BCUT2D eigenvalue weighted by molar-refractivity contribution is 7.90. The van der Waals surface area contributed by atoms with Gasteiger partial charge in [0.25, 0.3) is 0 Å². The number of benzene rings is 2. The number of hydrogen-bond donors (Lipinski definition) is 4. The van der Waals surface area contributed by atoms with Crippen LogP contribution >= 0.6 is 22.7 Å². The Balaban J connectivity index is 0.926. The molecule has 2 fully saturated rings. The van der Waals surface area contributed by atoms with Crippen LogP contribution in [0.4, 0.5) is 0 Å². The Kier molecular flexibility index (Phi) is 11.9. The molecule has 0 atom stereocenters. The lowest BCUT2D eigenvalue weighted by Crippen LogP contribution is -2.46. The number of imidazole rings is 2. The van der Waals surface area contributed by atoms with E-state index in [0.717, 1.165) is 16.3 Å². The van der Waals surface area contributed by atoms with Gasteiger partial charge in [-0.1, -0.05) is 22.7 Å². The van der Waals surface area contributed by atoms with Gasteiger partial charge in [0, 0.05) is 29.4 Å². The molecule has 4 N–H and O–H groups in total. The van der Waals surface area contributed by atoms with Crippen LogP contribution < -0.4 is 18.9 Å². The van der Waals surface area contributed by atoms with Gasteiger partial charge in [-0.05, 0) is 116 Å². The van der Waals surface area contributed by atoms with E-state index in [2.05, 4.69) is 14.4 Å². The quantitative estimate of drug-likeness (QED) is 0.0691. The monoisotopic (exact) mass is 929 g/mol. The van der Waals surface area contributed by atoms with Crippen molar-refractivity contribution in [3.05, 3.63) is 63.9 Å². The minimum atomic E-state index is -4.02. The molecule has 2 aliphatic rings. The zero-order chi connectivity index (χ0) is 44.5. The highest BCUT2D eigenvalue weighted by Crippen LogP contribution is 2.39. The smallest absolute Gasteiger partial charge is 0.244 e. The van der Waals surface area contributed by atoms with E-state index in [1.54, 1.807) is 54.8 Å². The third kappa shape index (κ3) is 8.63. The zero-order valence-corrected chi connectivity index (χ0v) is 38.9. The van der Waals surface area contributed by atoms with Crippen molar-refractivity contribution in [3.8, 4) is 34.0 Å². The van der Waals surface area contributed by atoms with Crippen molar-refractivity contribution in [1.29, 1.82) is 0 Å². The normalized spacial score (nSPS) is 20.2. The lowest BCUT2D eigenvalue weighted by atomic mass is 9.91. The number of aliphatic hydroxyl groups excluding tert-OH is 1. The van der Waals surface area contributed by atoms with E-state index in [1.807, 2.05) is 38.3 Å². The summed E-state index contributed by atoms with van der Waals surface area (Å²) in [5.41, 5.74) is 1.89. The van der Waals surface area contributed by atoms with Crippen molar-refractivity contribution < 1.29 is 46.3 Å². The molecule has 2 aromatic carbocycles. The van der Waals surface area contributed by atoms with E-state index in [-0.39, 0.29) is 39.5 Å². The number of nitrogens with one attached hydrogen (secondary N) is 2. The van der Waals surface area contributed by atoms with Crippen LogP contribution in [0.1, 0.15) is 87.5 Å². The number of nitrogens with zero attached hydrogens (tertiary/aromatic N) is 5. The van der Waals surface area contributed by atoms with Gasteiger partial charge < -0.3 is 19.7 Å². The van der Waals surface area contributed by atoms with Gasteiger partial charge in [0.05, 0.1) is 59.7 Å². The Morgan fingerprint density at radius 2 is 1.32 bits per heavy atom. The number of aliphatic hydroxyl groups is 2. The van der Waals surface area contributed by atoms with Crippen LogP contribution in [0.3, 0.4) is 0 Å². The molecule has 0 saturated heterocycles. The first-order valence-electron chi connectivity index (χ1n) is 20.2. The molecule has 334 valence electrons. The second-order valence-electron chi connectivity index (χ2n) is 17.0. The third-order valence-electron chi connectivity index (χ3n) is 11.3. The molecule has 62 heavy (non-hydrogen) atoms. The molecule has 2 aliphatic carbocycles. The summed E-state index contributed by atoms with van der Waals surface area (Å²) in [6, 6.07) is 9.24. The maximum atomic E-state index is 14.0. The van der Waals surface area contributed by atoms with Gasteiger partial charge in [-0.15, -0.1) is 0 Å². The fourth-order valence-electron chi connectivity index (χ4n) is 7.83. The Hall–Kier alpha value is -4.03. The Morgan fingerprint density at radius 3 is 1.89 bits per heavy atom. The number of fused-ring (bicyclic) bond motifs is 2. The second kappa shape index (κ2) is 16.5. The summed E-state index contributed by atoms with van der Waals surface area (Å²) in [6.45, 7) is 10.8. The average Bonchev–Trinajstić information content (AvgIpc) is 3.96. The van der Waals surface area contributed by atoms with Gasteiger partial charge >= 0.3 is 0 Å². The predicted molar refractivity (Wildman–Crippen MR) is 234 cm³/mol. The van der Waals surface area contributed by atoms with Crippen LogP contribution in [-0.4, -0.2) is 89.5 Å². The van der Waals surface area contributed by atoms with Crippen LogP contribution in [-0.2, 0) is 41.0 Å². The van der Waals surface area contributed by atoms with Crippen LogP contribution in [0.15, 0.2) is 52.4 Å². The highest BCUT2D eigenvalue weighted by atomic mass is 32.2. The lowest BCUT2D eigenvalue weighted by Gasteiger charge is -2.31. The summed E-state index contributed by atoms with van der Waals surface area (Å²) in [5, 5.41) is 25.7. The van der Waals surface area contributed by atoms with Gasteiger partial charge in [0.15, 0.2) is 15.6 Å². The number of methoxy groups -OCH3 is 2. The van der Waals surface area contributed by atoms with Crippen LogP contribution in [0.25, 0.3) is 32.4 Å². The van der Waals surface area contributed by atoms with Gasteiger partial charge in [0.2, 0.25) is 25.0 Å². The van der Waals surface area contributed by atoms with E-state index in [4.69, 9.17) is 29.3 Å². The van der Waals surface area contributed by atoms with Gasteiger partial charge in [0.1, 0.15) is 21.3 Å². The molecule has 0 unspecified atom stereocenters. The molecular weight excluding hydrogens is 879 g/mol. The number of hydrogen-bond acceptors (Lipinski definition) is 15. The summed E-state index contributed by atoms with van der Waals surface area (Å²) < 4.78 is 74.8. The maximum Gasteiger partial charge on any atom is 0.244 e. The topological polar surface area (TPSA) is 217 Å². The Morgan fingerprint density at radius 1 is 0.774 bits per heavy atom. The van der Waals surface area contributed by atoms with Crippen molar-refractivity contribution in [2.45, 2.75) is 125 Å². The first-order valence-corrected chi connectivity index (χ1v) is 24.8. The molecule has 0 aliphatic heterocycles. The molecule has 6 aromatic rings. The summed E-state index contributed by atoms with van der Waals surface area (Å²) in [6.07, 6.45) is 3.83. The third-order valence-corrected chi connectivity index (χ3v) is 16.9. The molecule has 0 bridgehead atoms. The summed E-state index contributed by atoms with van der Waals surface area (Å²) in [4.78, 5) is 23.4.